The van der Waals surface area contributed by atoms with Gasteiger partial charge in [-0.15, -0.1) is 11.3 Å². The normalized spacial score (nSPS) is 12.2. The maximum absolute atomic E-state index is 12.5. The van der Waals surface area contributed by atoms with Gasteiger partial charge >= 0.3 is 5.97 Å². The van der Waals surface area contributed by atoms with Crippen LogP contribution in [0.4, 0.5) is 5.82 Å². The predicted octanol–water partition coefficient (Wildman–Crippen LogP) is 3.41. The number of rotatable bonds is 4. The minimum atomic E-state index is -1.05. The fraction of sp³-hybridized carbons (Fsp3) is 0.118. The Labute approximate surface area is 161 Å². The lowest BCUT2D eigenvalue weighted by Crippen LogP contribution is -2.30. The van der Waals surface area contributed by atoms with Gasteiger partial charge in [-0.1, -0.05) is 29.8 Å². The summed E-state index contributed by atoms with van der Waals surface area (Å²) in [4.78, 5) is 39.9. The standard InChI is InChI=1S/C17H12ClN5O3S/c1-8(16(24)23-15-12-14(20-6-19-12)21-7-22-15)26-17(25)13-11(18)9-4-2-3-5-10(9)27-13/h2-8H,1H3,(H2,19,20,21,22,23,24). The average Bonchev–Trinajstić information content (AvgIpc) is 3.27. The highest BCUT2D eigenvalue weighted by molar-refractivity contribution is 7.21. The minimum absolute atomic E-state index is 0.255. The first-order chi connectivity index (χ1) is 13.0. The van der Waals surface area contributed by atoms with Crippen molar-refractivity contribution in [2.24, 2.45) is 0 Å². The highest BCUT2D eigenvalue weighted by Crippen LogP contribution is 2.35. The highest BCUT2D eigenvalue weighted by atomic mass is 35.5. The zero-order valence-corrected chi connectivity index (χ0v) is 15.5. The average molecular weight is 402 g/mol. The second-order valence-corrected chi connectivity index (χ2v) is 7.03. The Bertz CT molecular complexity index is 1170. The summed E-state index contributed by atoms with van der Waals surface area (Å²) in [6, 6.07) is 7.39. The van der Waals surface area contributed by atoms with Crippen LogP contribution in [0, 0.1) is 0 Å². The summed E-state index contributed by atoms with van der Waals surface area (Å²) < 4.78 is 6.15. The van der Waals surface area contributed by atoms with Gasteiger partial charge in [0.05, 0.1) is 11.3 Å². The molecule has 0 saturated heterocycles. The van der Waals surface area contributed by atoms with E-state index >= 15 is 0 Å². The summed E-state index contributed by atoms with van der Waals surface area (Å²) in [5.74, 6) is -0.932. The number of nitrogens with zero attached hydrogens (tertiary/aromatic N) is 3. The monoisotopic (exact) mass is 401 g/mol. The summed E-state index contributed by atoms with van der Waals surface area (Å²) in [6.45, 7) is 1.47. The predicted molar refractivity (Wildman–Crippen MR) is 102 cm³/mol. The van der Waals surface area contributed by atoms with E-state index in [1.165, 1.54) is 30.9 Å². The van der Waals surface area contributed by atoms with Crippen LogP contribution in [0.2, 0.25) is 5.02 Å². The second-order valence-electron chi connectivity index (χ2n) is 5.60. The van der Waals surface area contributed by atoms with Crippen LogP contribution >= 0.6 is 22.9 Å². The maximum Gasteiger partial charge on any atom is 0.350 e. The third-order valence-corrected chi connectivity index (χ3v) is 5.49. The summed E-state index contributed by atoms with van der Waals surface area (Å²) >= 11 is 7.50. The number of thiophene rings is 1. The first kappa shape index (κ1) is 17.4. The molecule has 4 rings (SSSR count). The van der Waals surface area contributed by atoms with Crippen molar-refractivity contribution in [2.45, 2.75) is 13.0 Å². The van der Waals surface area contributed by atoms with Crippen molar-refractivity contribution in [3.05, 3.63) is 46.8 Å². The number of hydrogen-bond donors (Lipinski definition) is 2. The van der Waals surface area contributed by atoms with Gasteiger partial charge in [-0.25, -0.2) is 19.7 Å². The number of benzene rings is 1. The Hall–Kier alpha value is -3.04. The number of carbonyl (C=O) groups is 2. The molecule has 0 spiro atoms. The summed E-state index contributed by atoms with van der Waals surface area (Å²) in [6.07, 6.45) is 1.68. The van der Waals surface area contributed by atoms with E-state index in [1.807, 2.05) is 24.3 Å². The minimum Gasteiger partial charge on any atom is -0.448 e. The van der Waals surface area contributed by atoms with E-state index in [2.05, 4.69) is 25.3 Å². The third-order valence-electron chi connectivity index (χ3n) is 3.84. The summed E-state index contributed by atoms with van der Waals surface area (Å²) in [5, 5.41) is 3.70. The van der Waals surface area contributed by atoms with Gasteiger partial charge in [0, 0.05) is 10.1 Å². The molecule has 1 unspecified atom stereocenters. The number of aromatic amines is 1. The van der Waals surface area contributed by atoms with Crippen LogP contribution in [0.15, 0.2) is 36.9 Å². The molecule has 0 aliphatic heterocycles. The zero-order chi connectivity index (χ0) is 19.0. The lowest BCUT2D eigenvalue weighted by Gasteiger charge is -2.12. The Morgan fingerprint density at radius 3 is 2.89 bits per heavy atom. The molecule has 2 N–H and O–H groups in total. The molecule has 0 fully saturated rings. The van der Waals surface area contributed by atoms with Gasteiger partial charge in [-0.2, -0.15) is 0 Å². The molecule has 0 aliphatic carbocycles. The van der Waals surface area contributed by atoms with Gasteiger partial charge in [0.2, 0.25) is 0 Å². The van der Waals surface area contributed by atoms with Crippen molar-refractivity contribution in [2.75, 3.05) is 5.32 Å². The number of amides is 1. The number of esters is 1. The molecule has 1 atom stereocenters. The van der Waals surface area contributed by atoms with E-state index in [0.717, 1.165) is 10.1 Å². The zero-order valence-electron chi connectivity index (χ0n) is 13.9. The number of ether oxygens (including phenoxy) is 1. The smallest absolute Gasteiger partial charge is 0.350 e. The number of nitrogens with one attached hydrogen (secondary N) is 2. The molecule has 3 heterocycles. The summed E-state index contributed by atoms with van der Waals surface area (Å²) in [5.41, 5.74) is 0.902. The topological polar surface area (TPSA) is 110 Å². The van der Waals surface area contributed by atoms with E-state index in [-0.39, 0.29) is 10.7 Å². The Morgan fingerprint density at radius 1 is 1.26 bits per heavy atom. The van der Waals surface area contributed by atoms with Gasteiger partial charge in [0.15, 0.2) is 17.6 Å². The number of fused-ring (bicyclic) bond motifs is 2. The van der Waals surface area contributed by atoms with Crippen molar-refractivity contribution >= 4 is 61.9 Å². The molecule has 0 saturated carbocycles. The van der Waals surface area contributed by atoms with Gasteiger partial charge in [0.25, 0.3) is 5.91 Å². The molecule has 10 heteroatoms. The molecule has 8 nitrogen and oxygen atoms in total. The second kappa shape index (κ2) is 6.93. The number of halogens is 1. The van der Waals surface area contributed by atoms with E-state index < -0.39 is 18.0 Å². The van der Waals surface area contributed by atoms with Crippen LogP contribution in [-0.2, 0) is 9.53 Å². The molecule has 1 amide bonds. The molecular weight excluding hydrogens is 390 g/mol. The van der Waals surface area contributed by atoms with Crippen LogP contribution in [-0.4, -0.2) is 37.9 Å². The molecule has 1 aromatic carbocycles. The first-order valence-corrected chi connectivity index (χ1v) is 9.07. The van der Waals surface area contributed by atoms with Gasteiger partial charge in [0.1, 0.15) is 16.7 Å². The Balaban J connectivity index is 1.50. The summed E-state index contributed by atoms with van der Waals surface area (Å²) in [7, 11) is 0. The van der Waals surface area contributed by atoms with Crippen LogP contribution in [0.25, 0.3) is 21.3 Å². The molecule has 27 heavy (non-hydrogen) atoms. The van der Waals surface area contributed by atoms with Crippen molar-refractivity contribution in [1.29, 1.82) is 0 Å². The van der Waals surface area contributed by atoms with E-state index in [1.54, 1.807) is 0 Å². The van der Waals surface area contributed by atoms with E-state index in [0.29, 0.717) is 16.2 Å². The lowest BCUT2D eigenvalue weighted by molar-refractivity contribution is -0.123. The number of H-pyrrole nitrogens is 1. The SMILES string of the molecule is CC(OC(=O)c1sc2ccccc2c1Cl)C(=O)Nc1ncnc2nc[nH]c12. The Kier molecular flexibility index (Phi) is 4.46. The number of anilines is 1. The highest BCUT2D eigenvalue weighted by Gasteiger charge is 2.24. The van der Waals surface area contributed by atoms with Crippen molar-refractivity contribution in [3.63, 3.8) is 0 Å². The molecule has 0 bridgehead atoms. The van der Waals surface area contributed by atoms with Crippen molar-refractivity contribution in [3.8, 4) is 0 Å². The fourth-order valence-electron chi connectivity index (χ4n) is 2.49. The van der Waals surface area contributed by atoms with Crippen LogP contribution < -0.4 is 5.32 Å². The number of imidazole rings is 1. The molecule has 0 aliphatic rings. The van der Waals surface area contributed by atoms with Crippen LogP contribution in [0.3, 0.4) is 0 Å². The fourth-order valence-corrected chi connectivity index (χ4v) is 3.88. The maximum atomic E-state index is 12.5. The van der Waals surface area contributed by atoms with Gasteiger partial charge < -0.3 is 15.0 Å². The van der Waals surface area contributed by atoms with E-state index in [9.17, 15) is 9.59 Å². The largest absolute Gasteiger partial charge is 0.448 e. The molecule has 3 aromatic heterocycles. The Morgan fingerprint density at radius 2 is 2.07 bits per heavy atom. The number of carbonyl (C=O) groups excluding carboxylic acids is 2. The van der Waals surface area contributed by atoms with Crippen molar-refractivity contribution < 1.29 is 14.3 Å². The quantitative estimate of drug-likeness (QED) is 0.507. The number of aromatic nitrogens is 4. The first-order valence-electron chi connectivity index (χ1n) is 7.87. The van der Waals surface area contributed by atoms with Crippen LogP contribution in [0.1, 0.15) is 16.6 Å². The lowest BCUT2D eigenvalue weighted by atomic mass is 10.2. The van der Waals surface area contributed by atoms with Gasteiger partial charge in [-0.3, -0.25) is 4.79 Å². The third kappa shape index (κ3) is 3.22. The molecular formula is C17H12ClN5O3S. The van der Waals surface area contributed by atoms with E-state index in [4.69, 9.17) is 16.3 Å². The van der Waals surface area contributed by atoms with Crippen molar-refractivity contribution in [1.82, 2.24) is 19.9 Å². The van der Waals surface area contributed by atoms with Gasteiger partial charge in [-0.05, 0) is 13.0 Å². The molecule has 0 radical (unpaired) electrons. The van der Waals surface area contributed by atoms with Crippen LogP contribution in [0.5, 0.6) is 0 Å². The number of hydrogen-bond acceptors (Lipinski definition) is 7. The molecule has 136 valence electrons. The molecule has 4 aromatic rings.